The Hall–Kier alpha value is -1.17. The van der Waals surface area contributed by atoms with Gasteiger partial charge in [-0.25, -0.2) is 4.39 Å². The number of nitrogens with zero attached hydrogens (tertiary/aromatic N) is 1. The van der Waals surface area contributed by atoms with Gasteiger partial charge in [-0.15, -0.1) is 0 Å². The van der Waals surface area contributed by atoms with Crippen molar-refractivity contribution in [2.45, 2.75) is 12.8 Å². The van der Waals surface area contributed by atoms with Crippen LogP contribution < -0.4 is 10.6 Å². The van der Waals surface area contributed by atoms with Crippen LogP contribution in [0.3, 0.4) is 0 Å². The lowest BCUT2D eigenvalue weighted by atomic mass is 10.1. The Bertz CT molecular complexity index is 388. The van der Waals surface area contributed by atoms with Gasteiger partial charge >= 0.3 is 0 Å². The van der Waals surface area contributed by atoms with E-state index in [0.717, 1.165) is 30.8 Å². The number of ether oxygens (including phenoxy) is 2. The van der Waals surface area contributed by atoms with Gasteiger partial charge in [0.1, 0.15) is 5.82 Å². The maximum atomic E-state index is 13.7. The third-order valence-electron chi connectivity index (χ3n) is 3.08. The van der Waals surface area contributed by atoms with Gasteiger partial charge < -0.3 is 20.1 Å². The number of nitrogens with two attached hydrogens (primary N) is 1. The van der Waals surface area contributed by atoms with Gasteiger partial charge in [-0.1, -0.05) is 0 Å². The first-order chi connectivity index (χ1) is 9.71. The monoisotopic (exact) mass is 284 g/mol. The highest BCUT2D eigenvalue weighted by molar-refractivity contribution is 5.49. The summed E-state index contributed by atoms with van der Waals surface area (Å²) in [6, 6.07) is 5.10. The molecule has 0 aliphatic carbocycles. The van der Waals surface area contributed by atoms with Crippen LogP contribution in [0.2, 0.25) is 0 Å². The summed E-state index contributed by atoms with van der Waals surface area (Å²) in [4.78, 5) is 2.12. The molecule has 0 aromatic heterocycles. The van der Waals surface area contributed by atoms with E-state index in [4.69, 9.17) is 15.2 Å². The summed E-state index contributed by atoms with van der Waals surface area (Å²) in [6.45, 7) is 3.35. The molecule has 1 aromatic rings. The summed E-state index contributed by atoms with van der Waals surface area (Å²) in [5, 5.41) is 0. The predicted octanol–water partition coefficient (Wildman–Crippen LogP) is 1.82. The van der Waals surface area contributed by atoms with Gasteiger partial charge in [-0.2, -0.15) is 0 Å². The van der Waals surface area contributed by atoms with Gasteiger partial charge in [-0.05, 0) is 43.1 Å². The number of hydrogen-bond acceptors (Lipinski definition) is 4. The van der Waals surface area contributed by atoms with Gasteiger partial charge in [0, 0.05) is 39.6 Å². The number of anilines is 1. The van der Waals surface area contributed by atoms with Crippen molar-refractivity contribution in [2.24, 2.45) is 5.73 Å². The average molecular weight is 284 g/mol. The Labute approximate surface area is 120 Å². The van der Waals surface area contributed by atoms with E-state index >= 15 is 0 Å². The largest absolute Gasteiger partial charge is 0.385 e. The first kappa shape index (κ1) is 16.9. The van der Waals surface area contributed by atoms with Crippen LogP contribution in [-0.2, 0) is 15.9 Å². The molecular formula is C15H25FN2O2. The number of rotatable bonds is 10. The van der Waals surface area contributed by atoms with Crippen molar-refractivity contribution >= 4 is 5.69 Å². The van der Waals surface area contributed by atoms with Gasteiger partial charge in [0.15, 0.2) is 0 Å². The van der Waals surface area contributed by atoms with Crippen molar-refractivity contribution in [1.29, 1.82) is 0 Å². The SMILES string of the molecule is COCCCN(CCOC)c1cc(F)cc(CCN)c1. The van der Waals surface area contributed by atoms with E-state index in [9.17, 15) is 4.39 Å². The fourth-order valence-electron chi connectivity index (χ4n) is 2.10. The predicted molar refractivity (Wildman–Crippen MR) is 79.7 cm³/mol. The van der Waals surface area contributed by atoms with Gasteiger partial charge in [0.25, 0.3) is 0 Å². The van der Waals surface area contributed by atoms with E-state index in [-0.39, 0.29) is 5.82 Å². The Morgan fingerprint density at radius 3 is 2.50 bits per heavy atom. The molecule has 0 spiro atoms. The summed E-state index contributed by atoms with van der Waals surface area (Å²) >= 11 is 0. The molecule has 5 heteroatoms. The highest BCUT2D eigenvalue weighted by atomic mass is 19.1. The standard InChI is InChI=1S/C15H25FN2O2/c1-19-8-3-6-18(7-9-20-2)15-11-13(4-5-17)10-14(16)12-15/h10-12H,3-9,17H2,1-2H3. The minimum atomic E-state index is -0.222. The Morgan fingerprint density at radius 2 is 1.85 bits per heavy atom. The maximum Gasteiger partial charge on any atom is 0.125 e. The molecule has 1 rings (SSSR count). The smallest absolute Gasteiger partial charge is 0.125 e. The fraction of sp³-hybridized carbons (Fsp3) is 0.600. The molecule has 0 saturated heterocycles. The van der Waals surface area contributed by atoms with E-state index in [1.807, 2.05) is 6.07 Å². The van der Waals surface area contributed by atoms with Crippen molar-refractivity contribution in [3.05, 3.63) is 29.6 Å². The second kappa shape index (κ2) is 9.69. The third-order valence-corrected chi connectivity index (χ3v) is 3.08. The molecule has 2 N–H and O–H groups in total. The second-order valence-corrected chi connectivity index (χ2v) is 4.68. The van der Waals surface area contributed by atoms with Crippen LogP contribution in [0.25, 0.3) is 0 Å². The highest BCUT2D eigenvalue weighted by Crippen LogP contribution is 2.19. The third kappa shape index (κ3) is 5.86. The van der Waals surface area contributed by atoms with Gasteiger partial charge in [-0.3, -0.25) is 0 Å². The Morgan fingerprint density at radius 1 is 1.10 bits per heavy atom. The minimum Gasteiger partial charge on any atom is -0.385 e. The fourth-order valence-corrected chi connectivity index (χ4v) is 2.10. The maximum absolute atomic E-state index is 13.7. The quantitative estimate of drug-likeness (QED) is 0.666. The molecule has 0 aliphatic rings. The number of halogens is 1. The van der Waals surface area contributed by atoms with E-state index in [1.54, 1.807) is 26.4 Å². The minimum absolute atomic E-state index is 0.222. The molecule has 0 amide bonds. The normalized spacial score (nSPS) is 10.8. The summed E-state index contributed by atoms with van der Waals surface area (Å²) in [5.74, 6) is -0.222. The second-order valence-electron chi connectivity index (χ2n) is 4.68. The first-order valence-electron chi connectivity index (χ1n) is 6.93. The molecule has 0 bridgehead atoms. The molecular weight excluding hydrogens is 259 g/mol. The molecule has 114 valence electrons. The molecule has 0 unspecified atom stereocenters. The van der Waals surface area contributed by atoms with Crippen molar-refractivity contribution in [3.63, 3.8) is 0 Å². The summed E-state index contributed by atoms with van der Waals surface area (Å²) < 4.78 is 23.9. The van der Waals surface area contributed by atoms with Crippen molar-refractivity contribution in [1.82, 2.24) is 0 Å². The number of methoxy groups -OCH3 is 2. The number of benzene rings is 1. The van der Waals surface area contributed by atoms with Crippen molar-refractivity contribution in [2.75, 3.05) is 52.0 Å². The molecule has 4 nitrogen and oxygen atoms in total. The molecule has 0 atom stereocenters. The van der Waals surface area contributed by atoms with Crippen LogP contribution in [0, 0.1) is 5.82 Å². The van der Waals surface area contributed by atoms with Crippen LogP contribution in [0.1, 0.15) is 12.0 Å². The molecule has 0 radical (unpaired) electrons. The molecule has 0 fully saturated rings. The topological polar surface area (TPSA) is 47.7 Å². The zero-order valence-electron chi connectivity index (χ0n) is 12.4. The van der Waals surface area contributed by atoms with Gasteiger partial charge in [0.2, 0.25) is 0 Å². The first-order valence-corrected chi connectivity index (χ1v) is 6.93. The van der Waals surface area contributed by atoms with E-state index in [1.165, 1.54) is 0 Å². The zero-order chi connectivity index (χ0) is 14.8. The van der Waals surface area contributed by atoms with Crippen molar-refractivity contribution in [3.8, 4) is 0 Å². The molecule has 1 aromatic carbocycles. The Balaban J connectivity index is 2.81. The van der Waals surface area contributed by atoms with Gasteiger partial charge in [0.05, 0.1) is 6.61 Å². The summed E-state index contributed by atoms with van der Waals surface area (Å²) in [7, 11) is 3.35. The van der Waals surface area contributed by atoms with Crippen molar-refractivity contribution < 1.29 is 13.9 Å². The molecule has 0 heterocycles. The van der Waals surface area contributed by atoms with Crippen LogP contribution in [0.5, 0.6) is 0 Å². The van der Waals surface area contributed by atoms with Crippen LogP contribution in [0.4, 0.5) is 10.1 Å². The van der Waals surface area contributed by atoms with Crippen LogP contribution >= 0.6 is 0 Å². The summed E-state index contributed by atoms with van der Waals surface area (Å²) in [6.07, 6.45) is 1.57. The zero-order valence-corrected chi connectivity index (χ0v) is 12.4. The lowest BCUT2D eigenvalue weighted by Gasteiger charge is -2.25. The lowest BCUT2D eigenvalue weighted by molar-refractivity contribution is 0.191. The number of hydrogen-bond donors (Lipinski definition) is 1. The van der Waals surface area contributed by atoms with Crippen LogP contribution in [0.15, 0.2) is 18.2 Å². The molecule has 0 saturated carbocycles. The van der Waals surface area contributed by atoms with E-state index in [2.05, 4.69) is 4.90 Å². The van der Waals surface area contributed by atoms with E-state index in [0.29, 0.717) is 26.2 Å². The summed E-state index contributed by atoms with van der Waals surface area (Å²) in [5.41, 5.74) is 7.35. The highest BCUT2D eigenvalue weighted by Gasteiger charge is 2.09. The molecule has 0 aliphatic heterocycles. The Kier molecular flexibility index (Phi) is 8.18. The molecule has 20 heavy (non-hydrogen) atoms. The van der Waals surface area contributed by atoms with E-state index < -0.39 is 0 Å². The lowest BCUT2D eigenvalue weighted by Crippen LogP contribution is -2.29. The average Bonchev–Trinajstić information content (AvgIpc) is 2.42. The van der Waals surface area contributed by atoms with Crippen LogP contribution in [-0.4, -0.2) is 47.1 Å².